The SMILES string of the molecule is CCNCc1sc(C(CC)OC)nc1C(F)(F)F. The number of methoxy groups -OCH3 is 1. The molecule has 0 radical (unpaired) electrons. The Morgan fingerprint density at radius 1 is 1.39 bits per heavy atom. The average molecular weight is 282 g/mol. The third-order valence-electron chi connectivity index (χ3n) is 2.45. The van der Waals surface area contributed by atoms with Crippen molar-refractivity contribution in [3.05, 3.63) is 15.6 Å². The van der Waals surface area contributed by atoms with Gasteiger partial charge >= 0.3 is 6.18 Å². The number of thiazole rings is 1. The molecule has 0 amide bonds. The Bertz CT molecular complexity index is 375. The van der Waals surface area contributed by atoms with Gasteiger partial charge in [0.15, 0.2) is 5.69 Å². The molecule has 0 aromatic carbocycles. The van der Waals surface area contributed by atoms with Crippen molar-refractivity contribution in [3.8, 4) is 0 Å². The summed E-state index contributed by atoms with van der Waals surface area (Å²) < 4.78 is 43.6. The van der Waals surface area contributed by atoms with E-state index in [0.29, 0.717) is 18.0 Å². The monoisotopic (exact) mass is 282 g/mol. The van der Waals surface area contributed by atoms with Gasteiger partial charge in [-0.3, -0.25) is 0 Å². The Balaban J connectivity index is 3.06. The van der Waals surface area contributed by atoms with E-state index in [9.17, 15) is 13.2 Å². The fourth-order valence-electron chi connectivity index (χ4n) is 1.53. The topological polar surface area (TPSA) is 34.1 Å². The molecule has 0 aliphatic rings. The van der Waals surface area contributed by atoms with Gasteiger partial charge in [0.25, 0.3) is 0 Å². The van der Waals surface area contributed by atoms with Gasteiger partial charge in [0.2, 0.25) is 0 Å². The van der Waals surface area contributed by atoms with Crippen LogP contribution in [0.3, 0.4) is 0 Å². The highest BCUT2D eigenvalue weighted by molar-refractivity contribution is 7.11. The van der Waals surface area contributed by atoms with Crippen molar-refractivity contribution in [3.63, 3.8) is 0 Å². The lowest BCUT2D eigenvalue weighted by Gasteiger charge is -2.08. The molecule has 0 saturated heterocycles. The zero-order chi connectivity index (χ0) is 13.8. The lowest BCUT2D eigenvalue weighted by molar-refractivity contribution is -0.141. The molecular formula is C11H17F3N2OS. The van der Waals surface area contributed by atoms with Crippen LogP contribution in [-0.2, 0) is 17.5 Å². The van der Waals surface area contributed by atoms with Gasteiger partial charge in [0, 0.05) is 13.7 Å². The fourth-order valence-corrected chi connectivity index (χ4v) is 2.75. The van der Waals surface area contributed by atoms with Crippen LogP contribution in [0.4, 0.5) is 13.2 Å². The summed E-state index contributed by atoms with van der Waals surface area (Å²) in [6.07, 6.45) is -4.18. The molecular weight excluding hydrogens is 265 g/mol. The quantitative estimate of drug-likeness (QED) is 0.868. The molecule has 7 heteroatoms. The normalized spacial score (nSPS) is 13.9. The minimum absolute atomic E-state index is 0.184. The minimum atomic E-state index is -4.41. The summed E-state index contributed by atoms with van der Waals surface area (Å²) in [6.45, 7) is 4.50. The molecule has 0 bridgehead atoms. The van der Waals surface area contributed by atoms with Gasteiger partial charge < -0.3 is 10.1 Å². The first-order valence-corrected chi connectivity index (χ1v) is 6.55. The van der Waals surface area contributed by atoms with Crippen LogP contribution in [0.1, 0.15) is 42.0 Å². The fraction of sp³-hybridized carbons (Fsp3) is 0.727. The molecule has 1 unspecified atom stereocenters. The van der Waals surface area contributed by atoms with Gasteiger partial charge in [-0.25, -0.2) is 4.98 Å². The van der Waals surface area contributed by atoms with Crippen molar-refractivity contribution in [2.75, 3.05) is 13.7 Å². The largest absolute Gasteiger partial charge is 0.434 e. The Morgan fingerprint density at radius 3 is 2.50 bits per heavy atom. The van der Waals surface area contributed by atoms with Crippen molar-refractivity contribution >= 4 is 11.3 Å². The molecule has 1 rings (SSSR count). The van der Waals surface area contributed by atoms with E-state index >= 15 is 0 Å². The summed E-state index contributed by atoms with van der Waals surface area (Å²) in [7, 11) is 1.48. The van der Waals surface area contributed by atoms with Gasteiger partial charge in [-0.2, -0.15) is 13.2 Å². The number of halogens is 3. The van der Waals surface area contributed by atoms with Gasteiger partial charge in [0.05, 0.1) is 4.88 Å². The first-order chi connectivity index (χ1) is 8.43. The highest BCUT2D eigenvalue weighted by Gasteiger charge is 2.37. The average Bonchev–Trinajstić information content (AvgIpc) is 2.72. The van der Waals surface area contributed by atoms with Gasteiger partial charge in [-0.05, 0) is 13.0 Å². The van der Waals surface area contributed by atoms with Crippen LogP contribution in [0.5, 0.6) is 0 Å². The van der Waals surface area contributed by atoms with Gasteiger partial charge in [0.1, 0.15) is 11.1 Å². The van der Waals surface area contributed by atoms with E-state index in [1.807, 2.05) is 13.8 Å². The summed E-state index contributed by atoms with van der Waals surface area (Å²) in [6, 6.07) is 0. The van der Waals surface area contributed by atoms with Crippen LogP contribution in [0, 0.1) is 0 Å². The van der Waals surface area contributed by atoms with Crippen molar-refractivity contribution < 1.29 is 17.9 Å². The van der Waals surface area contributed by atoms with E-state index in [2.05, 4.69) is 10.3 Å². The van der Waals surface area contributed by atoms with E-state index in [4.69, 9.17) is 4.74 Å². The van der Waals surface area contributed by atoms with E-state index in [-0.39, 0.29) is 17.5 Å². The van der Waals surface area contributed by atoms with Crippen LogP contribution < -0.4 is 5.32 Å². The molecule has 1 heterocycles. The molecule has 0 aliphatic carbocycles. The number of nitrogens with zero attached hydrogens (tertiary/aromatic N) is 1. The number of hydrogen-bond donors (Lipinski definition) is 1. The summed E-state index contributed by atoms with van der Waals surface area (Å²) in [5, 5.41) is 3.28. The zero-order valence-corrected chi connectivity index (χ0v) is 11.4. The number of nitrogens with one attached hydrogen (secondary N) is 1. The molecule has 1 aromatic rings. The first-order valence-electron chi connectivity index (χ1n) is 5.74. The van der Waals surface area contributed by atoms with Crippen LogP contribution >= 0.6 is 11.3 Å². The van der Waals surface area contributed by atoms with Crippen molar-refractivity contribution in [2.24, 2.45) is 0 Å². The Morgan fingerprint density at radius 2 is 2.06 bits per heavy atom. The summed E-state index contributed by atoms with van der Waals surface area (Å²) >= 11 is 1.06. The van der Waals surface area contributed by atoms with Crippen molar-refractivity contribution in [2.45, 2.75) is 39.1 Å². The second kappa shape index (κ2) is 6.49. The molecule has 0 fully saturated rings. The molecule has 0 saturated carbocycles. The van der Waals surface area contributed by atoms with Crippen LogP contribution in [-0.4, -0.2) is 18.6 Å². The van der Waals surface area contributed by atoms with E-state index < -0.39 is 11.9 Å². The predicted octanol–water partition coefficient (Wildman–Crippen LogP) is 3.37. The highest BCUT2D eigenvalue weighted by atomic mass is 32.1. The van der Waals surface area contributed by atoms with E-state index in [1.165, 1.54) is 7.11 Å². The maximum absolute atomic E-state index is 12.8. The van der Waals surface area contributed by atoms with Crippen LogP contribution in [0.2, 0.25) is 0 Å². The lowest BCUT2D eigenvalue weighted by Crippen LogP contribution is -2.15. The zero-order valence-electron chi connectivity index (χ0n) is 10.6. The maximum atomic E-state index is 12.8. The lowest BCUT2D eigenvalue weighted by atomic mass is 10.3. The summed E-state index contributed by atoms with van der Waals surface area (Å²) in [4.78, 5) is 3.92. The number of alkyl halides is 3. The van der Waals surface area contributed by atoms with Crippen molar-refractivity contribution in [1.82, 2.24) is 10.3 Å². The molecule has 18 heavy (non-hydrogen) atoms. The smallest absolute Gasteiger partial charge is 0.374 e. The molecule has 3 nitrogen and oxygen atoms in total. The minimum Gasteiger partial charge on any atom is -0.374 e. The second-order valence-electron chi connectivity index (χ2n) is 3.73. The van der Waals surface area contributed by atoms with Crippen molar-refractivity contribution in [1.29, 1.82) is 0 Å². The number of hydrogen-bond acceptors (Lipinski definition) is 4. The Labute approximate surface area is 108 Å². The number of rotatable bonds is 6. The van der Waals surface area contributed by atoms with Gasteiger partial charge in [-0.1, -0.05) is 13.8 Å². The summed E-state index contributed by atoms with van der Waals surface area (Å²) in [5.41, 5.74) is -0.793. The highest BCUT2D eigenvalue weighted by Crippen LogP contribution is 2.37. The third-order valence-corrected chi connectivity index (χ3v) is 3.60. The Kier molecular flexibility index (Phi) is 5.55. The number of ether oxygens (including phenoxy) is 1. The molecule has 0 spiro atoms. The van der Waals surface area contributed by atoms with Crippen LogP contribution in [0.15, 0.2) is 0 Å². The maximum Gasteiger partial charge on any atom is 0.434 e. The molecule has 1 aromatic heterocycles. The Hall–Kier alpha value is -0.660. The predicted molar refractivity (Wildman–Crippen MR) is 64.5 cm³/mol. The van der Waals surface area contributed by atoms with E-state index in [0.717, 1.165) is 11.3 Å². The molecule has 1 N–H and O–H groups in total. The second-order valence-corrected chi connectivity index (χ2v) is 4.85. The van der Waals surface area contributed by atoms with Gasteiger partial charge in [-0.15, -0.1) is 11.3 Å². The van der Waals surface area contributed by atoms with E-state index in [1.54, 1.807) is 0 Å². The number of aromatic nitrogens is 1. The summed E-state index contributed by atoms with van der Waals surface area (Å²) in [5.74, 6) is 0. The van der Waals surface area contributed by atoms with Crippen LogP contribution in [0.25, 0.3) is 0 Å². The molecule has 104 valence electrons. The first kappa shape index (κ1) is 15.4. The standard InChI is InChI=1S/C11H17F3N2OS/c1-4-7(17-3)10-16-9(11(12,13)14)8(18-10)6-15-5-2/h7,15H,4-6H2,1-3H3. The third kappa shape index (κ3) is 3.66. The molecule has 0 aliphatic heterocycles. The molecule has 1 atom stereocenters.